The summed E-state index contributed by atoms with van der Waals surface area (Å²) < 4.78 is 26.5. The average Bonchev–Trinajstić information content (AvgIpc) is 3.26. The van der Waals surface area contributed by atoms with Crippen molar-refractivity contribution in [2.75, 3.05) is 39.3 Å². The van der Waals surface area contributed by atoms with Gasteiger partial charge in [-0.15, -0.1) is 0 Å². The summed E-state index contributed by atoms with van der Waals surface area (Å²) in [6.07, 6.45) is 1.76. The first kappa shape index (κ1) is 21.3. The topological polar surface area (TPSA) is 107 Å². The molecule has 0 spiro atoms. The lowest BCUT2D eigenvalue weighted by Gasteiger charge is -2.32. The molecule has 0 aromatic heterocycles. The van der Waals surface area contributed by atoms with Crippen LogP contribution in [0, 0.1) is 0 Å². The summed E-state index contributed by atoms with van der Waals surface area (Å²) >= 11 is 0. The van der Waals surface area contributed by atoms with Gasteiger partial charge in [0.05, 0.1) is 4.90 Å². The Morgan fingerprint density at radius 2 is 1.55 bits per heavy atom. The van der Waals surface area contributed by atoms with Gasteiger partial charge >= 0.3 is 11.8 Å². The Bertz CT molecular complexity index is 878. The van der Waals surface area contributed by atoms with Crippen LogP contribution in [0.25, 0.3) is 0 Å². The molecule has 0 atom stereocenters. The number of piperazine rings is 1. The number of rotatable bonds is 7. The molecule has 0 saturated carbocycles. The average molecular weight is 423 g/mol. The molecule has 2 aliphatic heterocycles. The number of carbonyl (C=O) groups is 3. The SMILES string of the molecule is CCN1CCN(CC(=O)NCc2ccc(S(=O)(=O)N3CCCC3)cc2)C(=O)C1=O. The number of nitrogens with zero attached hydrogens (tertiary/aromatic N) is 3. The predicted molar refractivity (Wildman–Crippen MR) is 105 cm³/mol. The molecule has 9 nitrogen and oxygen atoms in total. The van der Waals surface area contributed by atoms with Crippen LogP contribution in [0.4, 0.5) is 0 Å². The third-order valence-corrected chi connectivity index (χ3v) is 7.14. The van der Waals surface area contributed by atoms with E-state index in [-0.39, 0.29) is 23.9 Å². The fraction of sp³-hybridized carbons (Fsp3) is 0.526. The lowest BCUT2D eigenvalue weighted by molar-refractivity contribution is -0.156. The van der Waals surface area contributed by atoms with Gasteiger partial charge in [0, 0.05) is 39.3 Å². The second-order valence-corrected chi connectivity index (χ2v) is 9.08. The third-order valence-electron chi connectivity index (χ3n) is 5.23. The Labute approximate surface area is 170 Å². The first-order valence-electron chi connectivity index (χ1n) is 9.77. The highest BCUT2D eigenvalue weighted by Crippen LogP contribution is 2.21. The van der Waals surface area contributed by atoms with E-state index in [1.807, 2.05) is 0 Å². The number of carbonyl (C=O) groups excluding carboxylic acids is 3. The van der Waals surface area contributed by atoms with E-state index in [2.05, 4.69) is 5.32 Å². The van der Waals surface area contributed by atoms with Crippen molar-refractivity contribution in [2.24, 2.45) is 0 Å². The lowest BCUT2D eigenvalue weighted by Crippen LogP contribution is -2.56. The highest BCUT2D eigenvalue weighted by molar-refractivity contribution is 7.89. The van der Waals surface area contributed by atoms with Crippen molar-refractivity contribution in [3.8, 4) is 0 Å². The monoisotopic (exact) mass is 422 g/mol. The normalized spacial score (nSPS) is 18.4. The quantitative estimate of drug-likeness (QED) is 0.612. The standard InChI is InChI=1S/C19H26N4O5S/c1-2-21-11-12-22(19(26)18(21)25)14-17(24)20-13-15-5-7-16(8-6-15)29(27,28)23-9-3-4-10-23/h5-8H,2-4,9-14H2,1H3,(H,20,24). The van der Waals surface area contributed by atoms with E-state index in [0.29, 0.717) is 32.7 Å². The first-order chi connectivity index (χ1) is 13.8. The fourth-order valence-corrected chi connectivity index (χ4v) is 4.97. The van der Waals surface area contributed by atoms with E-state index < -0.39 is 21.8 Å². The van der Waals surface area contributed by atoms with Gasteiger partial charge in [0.25, 0.3) is 0 Å². The van der Waals surface area contributed by atoms with E-state index in [0.717, 1.165) is 18.4 Å². The minimum Gasteiger partial charge on any atom is -0.350 e. The Morgan fingerprint density at radius 1 is 0.966 bits per heavy atom. The lowest BCUT2D eigenvalue weighted by atomic mass is 10.2. The molecule has 0 unspecified atom stereocenters. The molecule has 0 aliphatic carbocycles. The van der Waals surface area contributed by atoms with Crippen molar-refractivity contribution >= 4 is 27.7 Å². The van der Waals surface area contributed by atoms with Crippen LogP contribution in [0.1, 0.15) is 25.3 Å². The molecular formula is C19H26N4O5S. The van der Waals surface area contributed by atoms with Gasteiger partial charge in [0.2, 0.25) is 15.9 Å². The number of nitrogens with one attached hydrogen (secondary N) is 1. The summed E-state index contributed by atoms with van der Waals surface area (Å²) in [5.41, 5.74) is 0.747. The van der Waals surface area contributed by atoms with Crippen LogP contribution >= 0.6 is 0 Å². The Morgan fingerprint density at radius 3 is 2.17 bits per heavy atom. The van der Waals surface area contributed by atoms with Gasteiger partial charge in [-0.2, -0.15) is 4.31 Å². The Hall–Kier alpha value is -2.46. The number of amides is 3. The maximum Gasteiger partial charge on any atom is 0.312 e. The smallest absolute Gasteiger partial charge is 0.312 e. The van der Waals surface area contributed by atoms with Crippen molar-refractivity contribution in [2.45, 2.75) is 31.2 Å². The van der Waals surface area contributed by atoms with Gasteiger partial charge in [0.15, 0.2) is 0 Å². The molecule has 1 aromatic carbocycles. The van der Waals surface area contributed by atoms with Gasteiger partial charge in [-0.1, -0.05) is 12.1 Å². The van der Waals surface area contributed by atoms with Crippen LogP contribution < -0.4 is 5.32 Å². The summed E-state index contributed by atoms with van der Waals surface area (Å²) in [6.45, 7) is 4.14. The highest BCUT2D eigenvalue weighted by Gasteiger charge is 2.32. The van der Waals surface area contributed by atoms with Crippen molar-refractivity contribution < 1.29 is 22.8 Å². The molecule has 29 heavy (non-hydrogen) atoms. The molecule has 3 rings (SSSR count). The molecule has 2 fully saturated rings. The van der Waals surface area contributed by atoms with Crippen LogP contribution in [0.3, 0.4) is 0 Å². The van der Waals surface area contributed by atoms with E-state index in [4.69, 9.17) is 0 Å². The molecule has 1 N–H and O–H groups in total. The second-order valence-electron chi connectivity index (χ2n) is 7.14. The zero-order valence-electron chi connectivity index (χ0n) is 16.5. The summed E-state index contributed by atoms with van der Waals surface area (Å²) in [5.74, 6) is -1.61. The van der Waals surface area contributed by atoms with E-state index in [9.17, 15) is 22.8 Å². The maximum absolute atomic E-state index is 12.5. The predicted octanol–water partition coefficient (Wildman–Crippen LogP) is -0.222. The van der Waals surface area contributed by atoms with Crippen LogP contribution in [0.15, 0.2) is 29.2 Å². The van der Waals surface area contributed by atoms with Crippen LogP contribution in [-0.4, -0.2) is 79.5 Å². The van der Waals surface area contributed by atoms with Crippen LogP contribution in [-0.2, 0) is 31.0 Å². The van der Waals surface area contributed by atoms with Gasteiger partial charge < -0.3 is 15.1 Å². The van der Waals surface area contributed by atoms with Gasteiger partial charge in [0.1, 0.15) is 6.54 Å². The molecule has 1 aromatic rings. The molecule has 0 radical (unpaired) electrons. The summed E-state index contributed by atoms with van der Waals surface area (Å²) in [6, 6.07) is 6.42. The van der Waals surface area contributed by atoms with Crippen molar-refractivity contribution in [1.29, 1.82) is 0 Å². The van der Waals surface area contributed by atoms with E-state index in [1.165, 1.54) is 14.1 Å². The molecule has 10 heteroatoms. The highest BCUT2D eigenvalue weighted by atomic mass is 32.2. The van der Waals surface area contributed by atoms with Crippen LogP contribution in [0.2, 0.25) is 0 Å². The molecule has 2 saturated heterocycles. The Kier molecular flexibility index (Phi) is 6.53. The number of hydrogen-bond donors (Lipinski definition) is 1. The zero-order valence-corrected chi connectivity index (χ0v) is 17.3. The minimum absolute atomic E-state index is 0.177. The van der Waals surface area contributed by atoms with E-state index >= 15 is 0 Å². The molecule has 3 amide bonds. The van der Waals surface area contributed by atoms with Gasteiger partial charge in [-0.3, -0.25) is 14.4 Å². The number of benzene rings is 1. The number of likely N-dealkylation sites (N-methyl/N-ethyl adjacent to an activating group) is 1. The van der Waals surface area contributed by atoms with Crippen molar-refractivity contribution in [3.05, 3.63) is 29.8 Å². The largest absolute Gasteiger partial charge is 0.350 e. The minimum atomic E-state index is -3.46. The number of hydrogen-bond acceptors (Lipinski definition) is 5. The second kappa shape index (κ2) is 8.91. The molecule has 2 aliphatic rings. The summed E-state index contributed by atoms with van der Waals surface area (Å²) in [7, 11) is -3.46. The molecule has 158 valence electrons. The zero-order chi connectivity index (χ0) is 21.0. The van der Waals surface area contributed by atoms with E-state index in [1.54, 1.807) is 31.2 Å². The fourth-order valence-electron chi connectivity index (χ4n) is 3.45. The first-order valence-corrected chi connectivity index (χ1v) is 11.2. The maximum atomic E-state index is 12.5. The third kappa shape index (κ3) is 4.76. The molecular weight excluding hydrogens is 396 g/mol. The van der Waals surface area contributed by atoms with Crippen molar-refractivity contribution in [3.63, 3.8) is 0 Å². The van der Waals surface area contributed by atoms with Gasteiger partial charge in [-0.25, -0.2) is 8.42 Å². The van der Waals surface area contributed by atoms with Crippen molar-refractivity contribution in [1.82, 2.24) is 19.4 Å². The molecule has 2 heterocycles. The van der Waals surface area contributed by atoms with Gasteiger partial charge in [-0.05, 0) is 37.5 Å². The Balaban J connectivity index is 1.52. The molecule has 0 bridgehead atoms. The summed E-state index contributed by atoms with van der Waals surface area (Å²) in [4.78, 5) is 39.0. The number of sulfonamides is 1. The van der Waals surface area contributed by atoms with Crippen LogP contribution in [0.5, 0.6) is 0 Å². The summed E-state index contributed by atoms with van der Waals surface area (Å²) in [5, 5.41) is 2.70.